The van der Waals surface area contributed by atoms with Crippen molar-refractivity contribution in [3.63, 3.8) is 0 Å². The first-order valence-electron chi connectivity index (χ1n) is 13.5. The molecule has 1 aromatic heterocycles. The predicted molar refractivity (Wildman–Crippen MR) is 164 cm³/mol. The van der Waals surface area contributed by atoms with Gasteiger partial charge in [0.05, 0.1) is 11.7 Å². The highest BCUT2D eigenvalue weighted by Crippen LogP contribution is 2.19. The molecule has 37 heavy (non-hydrogen) atoms. The molecule has 1 unspecified atom stereocenters. The molecule has 1 aliphatic rings. The summed E-state index contributed by atoms with van der Waals surface area (Å²) in [5.41, 5.74) is 8.02. The Labute approximate surface area is 230 Å². The summed E-state index contributed by atoms with van der Waals surface area (Å²) < 4.78 is 5.40. The minimum absolute atomic E-state index is 0.0905. The first-order valence-corrected chi connectivity index (χ1v) is 14.6. The van der Waals surface area contributed by atoms with E-state index in [1.165, 1.54) is 28.7 Å². The Morgan fingerprint density at radius 3 is 2.22 bits per heavy atom. The van der Waals surface area contributed by atoms with Crippen LogP contribution in [0.2, 0.25) is 0 Å². The van der Waals surface area contributed by atoms with Gasteiger partial charge in [0.25, 0.3) is 0 Å². The lowest BCUT2D eigenvalue weighted by molar-refractivity contribution is 0.379. The van der Waals surface area contributed by atoms with Gasteiger partial charge in [0, 0.05) is 23.9 Å². The van der Waals surface area contributed by atoms with Gasteiger partial charge in [-0.25, -0.2) is 4.98 Å². The second-order valence-corrected chi connectivity index (χ2v) is 11.2. The first-order chi connectivity index (χ1) is 17.8. The number of allylic oxidation sites excluding steroid dienone is 7. The number of rotatable bonds is 16. The number of hydrogen-bond acceptors (Lipinski definition) is 5. The van der Waals surface area contributed by atoms with Gasteiger partial charge in [-0.1, -0.05) is 52.7 Å². The van der Waals surface area contributed by atoms with Gasteiger partial charge < -0.3 is 15.4 Å². The van der Waals surface area contributed by atoms with E-state index in [4.69, 9.17) is 4.74 Å². The molecule has 0 bridgehead atoms. The zero-order valence-corrected chi connectivity index (χ0v) is 24.6. The number of ether oxygens (including phenoxy) is 1. The number of hydrogen-bond donors (Lipinski definition) is 2. The second-order valence-electron chi connectivity index (χ2n) is 10.1. The Balaban J connectivity index is 1.73. The lowest BCUT2D eigenvalue weighted by Gasteiger charge is -2.24. The highest BCUT2D eigenvalue weighted by molar-refractivity contribution is 7.99. The summed E-state index contributed by atoms with van der Waals surface area (Å²) in [6.07, 6.45) is 23.5. The van der Waals surface area contributed by atoms with E-state index < -0.39 is 0 Å². The van der Waals surface area contributed by atoms with Crippen molar-refractivity contribution in [1.82, 2.24) is 10.3 Å². The van der Waals surface area contributed by atoms with Gasteiger partial charge in [-0.15, -0.1) is 0 Å². The van der Waals surface area contributed by atoms with Crippen molar-refractivity contribution in [2.45, 2.75) is 86.1 Å². The van der Waals surface area contributed by atoms with Crippen LogP contribution in [0, 0.1) is 6.92 Å². The normalized spacial score (nSPS) is 15.0. The maximum Gasteiger partial charge on any atom is 0.129 e. The first kappa shape index (κ1) is 30.6. The molecule has 2 rings (SSSR count). The van der Waals surface area contributed by atoms with Crippen LogP contribution >= 0.6 is 11.8 Å². The molecular weight excluding hydrogens is 474 g/mol. The highest BCUT2D eigenvalue weighted by atomic mass is 32.2. The van der Waals surface area contributed by atoms with E-state index in [0.29, 0.717) is 0 Å². The number of aryl methyl sites for hydroxylation is 1. The number of anilines is 1. The average Bonchev–Trinajstić information content (AvgIpc) is 2.87. The van der Waals surface area contributed by atoms with Gasteiger partial charge in [-0.05, 0) is 91.7 Å². The van der Waals surface area contributed by atoms with Gasteiger partial charge in [-0.3, -0.25) is 0 Å². The van der Waals surface area contributed by atoms with Gasteiger partial charge in [0.2, 0.25) is 0 Å². The number of nitrogens with one attached hydrogen (secondary N) is 2. The number of aromatic nitrogens is 1. The van der Waals surface area contributed by atoms with Crippen molar-refractivity contribution < 1.29 is 4.74 Å². The molecule has 0 spiro atoms. The fourth-order valence-electron chi connectivity index (χ4n) is 3.88. The highest BCUT2D eigenvalue weighted by Gasteiger charge is 2.17. The van der Waals surface area contributed by atoms with Crippen LogP contribution in [0.3, 0.4) is 0 Å². The summed E-state index contributed by atoms with van der Waals surface area (Å²) in [6.45, 7) is 13.2. The Kier molecular flexibility index (Phi) is 14.7. The SMILES string of the molecule is CC(C)=CCCC(C)=CCCC(C)=CCCC(C)=CCSCC(Nc1ncccc1C)C1=COC=CN1. The van der Waals surface area contributed by atoms with E-state index in [0.717, 1.165) is 60.7 Å². The van der Waals surface area contributed by atoms with Crippen LogP contribution in [-0.2, 0) is 4.74 Å². The lowest BCUT2D eigenvalue weighted by atomic mass is 10.0. The minimum atomic E-state index is 0.0905. The molecule has 0 saturated heterocycles. The summed E-state index contributed by atoms with van der Waals surface area (Å²) in [7, 11) is 0. The number of nitrogens with zero attached hydrogens (tertiary/aromatic N) is 1. The summed E-state index contributed by atoms with van der Waals surface area (Å²) in [5, 5.41) is 6.88. The molecule has 0 saturated carbocycles. The van der Waals surface area contributed by atoms with Gasteiger partial charge in [0.15, 0.2) is 0 Å². The van der Waals surface area contributed by atoms with Crippen molar-refractivity contribution in [2.24, 2.45) is 0 Å². The fourth-order valence-corrected chi connectivity index (χ4v) is 4.92. The summed E-state index contributed by atoms with van der Waals surface area (Å²) in [5.74, 6) is 2.82. The van der Waals surface area contributed by atoms with Crippen LogP contribution in [0.25, 0.3) is 0 Å². The third kappa shape index (κ3) is 13.5. The van der Waals surface area contributed by atoms with Gasteiger partial charge in [-0.2, -0.15) is 11.8 Å². The van der Waals surface area contributed by atoms with Crippen molar-refractivity contribution in [3.05, 3.63) is 94.9 Å². The van der Waals surface area contributed by atoms with E-state index in [1.54, 1.807) is 12.5 Å². The van der Waals surface area contributed by atoms with E-state index in [9.17, 15) is 0 Å². The molecular formula is C32H47N3OS. The van der Waals surface area contributed by atoms with Crippen LogP contribution < -0.4 is 10.6 Å². The zero-order chi connectivity index (χ0) is 26.9. The average molecular weight is 522 g/mol. The molecule has 1 atom stereocenters. The molecule has 0 radical (unpaired) electrons. The summed E-state index contributed by atoms with van der Waals surface area (Å²) in [6, 6.07) is 4.13. The topological polar surface area (TPSA) is 46.2 Å². The van der Waals surface area contributed by atoms with Crippen molar-refractivity contribution in [1.29, 1.82) is 0 Å². The van der Waals surface area contributed by atoms with E-state index in [-0.39, 0.29) is 6.04 Å². The Morgan fingerprint density at radius 1 is 0.973 bits per heavy atom. The second kappa shape index (κ2) is 17.7. The molecule has 0 fully saturated rings. The summed E-state index contributed by atoms with van der Waals surface area (Å²) >= 11 is 1.92. The molecule has 2 N–H and O–H groups in total. The molecule has 1 aliphatic heterocycles. The standard InChI is InChI=1S/C32H47N3OS/c1-25(2)11-7-12-26(3)13-8-14-27(4)15-9-16-28(5)18-22-37-24-31(30-23-36-21-20-33-30)35-32-29(6)17-10-19-34-32/h10-11,13,15,17-21,23,31,33H,7-9,12,14,16,22,24H2,1-6H3,(H,34,35). The lowest BCUT2D eigenvalue weighted by Crippen LogP contribution is -2.32. The molecule has 4 nitrogen and oxygen atoms in total. The Bertz CT molecular complexity index is 1010. The van der Waals surface area contributed by atoms with E-state index in [1.807, 2.05) is 30.2 Å². The smallest absolute Gasteiger partial charge is 0.129 e. The zero-order valence-electron chi connectivity index (χ0n) is 23.8. The predicted octanol–water partition coefficient (Wildman–Crippen LogP) is 8.98. The fraction of sp³-hybridized carbons (Fsp3) is 0.469. The third-order valence-electron chi connectivity index (χ3n) is 6.28. The third-order valence-corrected chi connectivity index (χ3v) is 7.25. The summed E-state index contributed by atoms with van der Waals surface area (Å²) in [4.78, 5) is 4.50. The maximum atomic E-state index is 5.40. The molecule has 1 aromatic rings. The molecule has 2 heterocycles. The van der Waals surface area contributed by atoms with Gasteiger partial charge in [0.1, 0.15) is 18.3 Å². The van der Waals surface area contributed by atoms with Crippen LogP contribution in [0.4, 0.5) is 5.82 Å². The van der Waals surface area contributed by atoms with Crippen LogP contribution in [0.15, 0.2) is 89.3 Å². The Morgan fingerprint density at radius 2 is 1.62 bits per heavy atom. The molecule has 202 valence electrons. The van der Waals surface area contributed by atoms with Crippen molar-refractivity contribution in [3.8, 4) is 0 Å². The number of pyridine rings is 1. The van der Waals surface area contributed by atoms with Crippen molar-refractivity contribution >= 4 is 17.6 Å². The van der Waals surface area contributed by atoms with Crippen molar-refractivity contribution in [2.75, 3.05) is 16.8 Å². The molecule has 5 heteroatoms. The molecule has 0 aromatic carbocycles. The Hall–Kier alpha value is -2.66. The van der Waals surface area contributed by atoms with Crippen LogP contribution in [0.1, 0.15) is 78.7 Å². The molecule has 0 amide bonds. The molecule has 0 aliphatic carbocycles. The van der Waals surface area contributed by atoms with Gasteiger partial charge >= 0.3 is 0 Å². The monoisotopic (exact) mass is 521 g/mol. The van der Waals surface area contributed by atoms with Crippen LogP contribution in [0.5, 0.6) is 0 Å². The maximum absolute atomic E-state index is 5.40. The minimum Gasteiger partial charge on any atom is -0.469 e. The van der Waals surface area contributed by atoms with Crippen LogP contribution in [-0.4, -0.2) is 22.5 Å². The van der Waals surface area contributed by atoms with E-state index >= 15 is 0 Å². The van der Waals surface area contributed by atoms with E-state index in [2.05, 4.69) is 87.5 Å². The largest absolute Gasteiger partial charge is 0.469 e. The quantitative estimate of drug-likeness (QED) is 0.168. The number of thioether (sulfide) groups is 1.